The Morgan fingerprint density at radius 3 is 2.24 bits per heavy atom. The number of piperidine rings is 1. The lowest BCUT2D eigenvalue weighted by molar-refractivity contribution is -0.138. The summed E-state index contributed by atoms with van der Waals surface area (Å²) < 4.78 is 0. The van der Waals surface area contributed by atoms with Gasteiger partial charge in [0.05, 0.1) is 22.9 Å². The van der Waals surface area contributed by atoms with Crippen molar-refractivity contribution in [3.63, 3.8) is 0 Å². The third kappa shape index (κ3) is 1.49. The molecule has 25 heavy (non-hydrogen) atoms. The van der Waals surface area contributed by atoms with Crippen LogP contribution in [0.1, 0.15) is 29.6 Å². The van der Waals surface area contributed by atoms with Crippen LogP contribution in [0.3, 0.4) is 0 Å². The van der Waals surface area contributed by atoms with E-state index in [1.165, 1.54) is 0 Å². The van der Waals surface area contributed by atoms with Crippen LogP contribution in [-0.4, -0.2) is 26.8 Å². The summed E-state index contributed by atoms with van der Waals surface area (Å²) in [7, 11) is 0. The number of rotatable bonds is 3. The molecule has 3 aliphatic rings. The monoisotopic (exact) mass is 336 g/mol. The SMILES string of the molecule is NNC(=O)C12CC13C(=O)NN(C2c1ccncc1)C3c1ccncc1. The number of hydrazine groups is 2. The molecule has 2 saturated heterocycles. The van der Waals surface area contributed by atoms with Crippen LogP contribution in [0, 0.1) is 10.8 Å². The van der Waals surface area contributed by atoms with E-state index in [4.69, 9.17) is 5.84 Å². The Labute approximate surface area is 143 Å². The molecular formula is C17H16N6O2. The summed E-state index contributed by atoms with van der Waals surface area (Å²) in [5.41, 5.74) is 5.45. The van der Waals surface area contributed by atoms with Gasteiger partial charge in [0.25, 0.3) is 0 Å². The van der Waals surface area contributed by atoms with E-state index in [1.54, 1.807) is 24.8 Å². The average Bonchev–Trinajstić information content (AvgIpc) is 3.20. The number of carbonyl (C=O) groups excluding carboxylic acids is 2. The molecule has 1 saturated carbocycles. The van der Waals surface area contributed by atoms with E-state index in [0.717, 1.165) is 11.1 Å². The number of aromatic nitrogens is 2. The van der Waals surface area contributed by atoms with Gasteiger partial charge in [0, 0.05) is 24.8 Å². The van der Waals surface area contributed by atoms with Gasteiger partial charge in [-0.1, -0.05) is 0 Å². The van der Waals surface area contributed by atoms with Crippen molar-refractivity contribution in [1.82, 2.24) is 25.8 Å². The van der Waals surface area contributed by atoms with Crippen LogP contribution < -0.4 is 16.7 Å². The Hall–Kier alpha value is -2.84. The molecule has 4 heterocycles. The van der Waals surface area contributed by atoms with Gasteiger partial charge in [-0.05, 0) is 41.8 Å². The van der Waals surface area contributed by atoms with Gasteiger partial charge in [-0.2, -0.15) is 0 Å². The van der Waals surface area contributed by atoms with Crippen LogP contribution in [0.25, 0.3) is 0 Å². The molecule has 2 aromatic rings. The molecule has 5 rings (SSSR count). The summed E-state index contributed by atoms with van der Waals surface area (Å²) in [5.74, 6) is 5.07. The van der Waals surface area contributed by atoms with E-state index >= 15 is 0 Å². The quantitative estimate of drug-likeness (QED) is 0.413. The van der Waals surface area contributed by atoms with Gasteiger partial charge < -0.3 is 0 Å². The molecule has 1 aliphatic carbocycles. The van der Waals surface area contributed by atoms with Crippen molar-refractivity contribution < 1.29 is 9.59 Å². The lowest BCUT2D eigenvalue weighted by Gasteiger charge is -2.33. The molecule has 8 nitrogen and oxygen atoms in total. The van der Waals surface area contributed by atoms with Crippen LogP contribution >= 0.6 is 0 Å². The number of nitrogens with zero attached hydrogens (tertiary/aromatic N) is 3. The minimum atomic E-state index is -0.876. The maximum Gasteiger partial charge on any atom is 0.243 e. The molecule has 126 valence electrons. The van der Waals surface area contributed by atoms with Gasteiger partial charge >= 0.3 is 0 Å². The zero-order valence-corrected chi connectivity index (χ0v) is 13.2. The van der Waals surface area contributed by atoms with Gasteiger partial charge in [-0.25, -0.2) is 10.9 Å². The fourth-order valence-electron chi connectivity index (χ4n) is 4.97. The normalized spacial score (nSPS) is 37.3. The largest absolute Gasteiger partial charge is 0.294 e. The maximum atomic E-state index is 12.8. The topological polar surface area (TPSA) is 113 Å². The van der Waals surface area contributed by atoms with E-state index in [-0.39, 0.29) is 23.9 Å². The Morgan fingerprint density at radius 1 is 1.12 bits per heavy atom. The van der Waals surface area contributed by atoms with Gasteiger partial charge in [0.15, 0.2) is 0 Å². The molecule has 2 amide bonds. The molecular weight excluding hydrogens is 320 g/mol. The van der Waals surface area contributed by atoms with Gasteiger partial charge in [-0.3, -0.25) is 30.4 Å². The molecule has 2 bridgehead atoms. The number of hydrogen-bond acceptors (Lipinski definition) is 6. The zero-order chi connectivity index (χ0) is 17.2. The molecule has 1 spiro atoms. The minimum Gasteiger partial charge on any atom is -0.294 e. The van der Waals surface area contributed by atoms with Gasteiger partial charge in [0.2, 0.25) is 11.8 Å². The van der Waals surface area contributed by atoms with E-state index in [0.29, 0.717) is 6.42 Å². The number of nitrogens with one attached hydrogen (secondary N) is 2. The molecule has 8 heteroatoms. The average molecular weight is 336 g/mol. The number of fused-ring (bicyclic) bond motifs is 1. The highest BCUT2D eigenvalue weighted by Gasteiger charge is 2.91. The van der Waals surface area contributed by atoms with E-state index in [2.05, 4.69) is 20.8 Å². The van der Waals surface area contributed by atoms with Crippen molar-refractivity contribution in [3.8, 4) is 0 Å². The third-order valence-electron chi connectivity index (χ3n) is 5.93. The zero-order valence-electron chi connectivity index (χ0n) is 13.2. The molecule has 2 aromatic heterocycles. The molecule has 5 atom stereocenters. The van der Waals surface area contributed by atoms with Crippen molar-refractivity contribution in [2.45, 2.75) is 18.5 Å². The predicted octanol–water partition coefficient (Wildman–Crippen LogP) is -0.0142. The van der Waals surface area contributed by atoms with Crippen LogP contribution in [-0.2, 0) is 9.59 Å². The van der Waals surface area contributed by atoms with Gasteiger partial charge in [0.1, 0.15) is 0 Å². The third-order valence-corrected chi connectivity index (χ3v) is 5.93. The van der Waals surface area contributed by atoms with Crippen LogP contribution in [0.5, 0.6) is 0 Å². The second-order valence-corrected chi connectivity index (χ2v) is 6.81. The maximum absolute atomic E-state index is 12.8. The molecule has 3 fully saturated rings. The number of pyridine rings is 2. The fourth-order valence-corrected chi connectivity index (χ4v) is 4.97. The van der Waals surface area contributed by atoms with Crippen molar-refractivity contribution in [2.24, 2.45) is 16.7 Å². The van der Waals surface area contributed by atoms with Crippen LogP contribution in [0.15, 0.2) is 49.1 Å². The highest BCUT2D eigenvalue weighted by Crippen LogP contribution is 2.84. The lowest BCUT2D eigenvalue weighted by atomic mass is 9.82. The summed E-state index contributed by atoms with van der Waals surface area (Å²) in [5, 5.41) is 1.89. The fraction of sp³-hybridized carbons (Fsp3) is 0.294. The first-order valence-corrected chi connectivity index (χ1v) is 8.07. The van der Waals surface area contributed by atoms with Crippen molar-refractivity contribution in [2.75, 3.05) is 0 Å². The predicted molar refractivity (Wildman–Crippen MR) is 85.8 cm³/mol. The Morgan fingerprint density at radius 2 is 1.68 bits per heavy atom. The van der Waals surface area contributed by atoms with Gasteiger partial charge in [-0.15, -0.1) is 0 Å². The number of amides is 2. The Balaban J connectivity index is 1.71. The molecule has 5 unspecified atom stereocenters. The van der Waals surface area contributed by atoms with Crippen molar-refractivity contribution >= 4 is 11.8 Å². The van der Waals surface area contributed by atoms with Crippen LogP contribution in [0.4, 0.5) is 0 Å². The Bertz CT molecular complexity index is 875. The highest BCUT2D eigenvalue weighted by molar-refractivity contribution is 6.03. The second kappa shape index (κ2) is 4.62. The number of carbonyl (C=O) groups is 2. The van der Waals surface area contributed by atoms with Crippen molar-refractivity contribution in [1.29, 1.82) is 0 Å². The molecule has 4 N–H and O–H groups in total. The number of hydrogen-bond donors (Lipinski definition) is 3. The minimum absolute atomic E-state index is 0.122. The molecule has 2 aliphatic heterocycles. The van der Waals surface area contributed by atoms with E-state index < -0.39 is 10.8 Å². The summed E-state index contributed by atoms with van der Waals surface area (Å²) in [6, 6.07) is 6.99. The summed E-state index contributed by atoms with van der Waals surface area (Å²) in [6.07, 6.45) is 7.24. The first kappa shape index (κ1) is 14.5. The summed E-state index contributed by atoms with van der Waals surface area (Å²) in [4.78, 5) is 33.7. The smallest absolute Gasteiger partial charge is 0.243 e. The molecule has 0 aromatic carbocycles. The Kier molecular flexibility index (Phi) is 2.68. The number of nitrogens with two attached hydrogens (primary N) is 1. The molecule has 0 radical (unpaired) electrons. The van der Waals surface area contributed by atoms with Crippen molar-refractivity contribution in [3.05, 3.63) is 60.2 Å². The van der Waals surface area contributed by atoms with E-state index in [1.807, 2.05) is 29.3 Å². The highest BCUT2D eigenvalue weighted by atomic mass is 16.2. The first-order valence-electron chi connectivity index (χ1n) is 8.07. The van der Waals surface area contributed by atoms with E-state index in [9.17, 15) is 9.59 Å². The first-order chi connectivity index (χ1) is 12.2. The summed E-state index contributed by atoms with van der Waals surface area (Å²) in [6.45, 7) is 0. The summed E-state index contributed by atoms with van der Waals surface area (Å²) >= 11 is 0. The second-order valence-electron chi connectivity index (χ2n) is 6.81. The van der Waals surface area contributed by atoms with Crippen LogP contribution in [0.2, 0.25) is 0 Å². The standard InChI is InChI=1S/C17H16N6O2/c18-21-14(24)16-9-17(16)13(11-3-7-20-8-4-11)23(22-15(17)25)12(16)10-1-5-19-6-2-10/h1-8,12-13H,9,18H2,(H,21,24)(H,22,25). The lowest BCUT2D eigenvalue weighted by Crippen LogP contribution is -2.50.